The highest BCUT2D eigenvalue weighted by Crippen LogP contribution is 2.22. The molecule has 6 heteroatoms. The number of carbonyl (C=O) groups is 2. The summed E-state index contributed by atoms with van der Waals surface area (Å²) in [7, 11) is 3.05. The minimum Gasteiger partial charge on any atom is -0.465 e. The number of rotatable bonds is 4. The fourth-order valence-corrected chi connectivity index (χ4v) is 2.97. The number of ether oxygens (including phenoxy) is 1. The minimum absolute atomic E-state index is 0.115. The van der Waals surface area contributed by atoms with Gasteiger partial charge in [-0.3, -0.25) is 4.79 Å². The predicted octanol–water partition coefficient (Wildman–Crippen LogP) is 3.46. The summed E-state index contributed by atoms with van der Waals surface area (Å²) >= 11 is 7.32. The molecule has 1 amide bonds. The summed E-state index contributed by atoms with van der Waals surface area (Å²) in [6.45, 7) is 0.495. The molecule has 4 nitrogen and oxygen atoms in total. The van der Waals surface area contributed by atoms with Crippen LogP contribution in [0.1, 0.15) is 25.6 Å². The minimum atomic E-state index is -0.421. The number of hydrogen-bond donors (Lipinski definition) is 0. The number of thiophene rings is 1. The van der Waals surface area contributed by atoms with E-state index in [2.05, 4.69) is 4.74 Å². The van der Waals surface area contributed by atoms with Crippen LogP contribution < -0.4 is 0 Å². The van der Waals surface area contributed by atoms with E-state index in [1.165, 1.54) is 18.4 Å². The Balaban J connectivity index is 2.06. The molecule has 0 aliphatic carbocycles. The molecule has 0 atom stereocenters. The topological polar surface area (TPSA) is 46.6 Å². The number of carbonyl (C=O) groups excluding carboxylic acids is 2. The zero-order chi connectivity index (χ0) is 15.4. The average Bonchev–Trinajstić information content (AvgIpc) is 2.90. The van der Waals surface area contributed by atoms with Crippen LogP contribution in [0.25, 0.3) is 0 Å². The van der Waals surface area contributed by atoms with Crippen molar-refractivity contribution in [1.82, 2.24) is 4.90 Å². The van der Waals surface area contributed by atoms with Crippen LogP contribution in [0.4, 0.5) is 0 Å². The summed E-state index contributed by atoms with van der Waals surface area (Å²) in [5.74, 6) is -0.536. The van der Waals surface area contributed by atoms with Gasteiger partial charge in [0.2, 0.25) is 0 Å². The van der Waals surface area contributed by atoms with Gasteiger partial charge in [-0.1, -0.05) is 11.6 Å². The van der Waals surface area contributed by atoms with Gasteiger partial charge in [0.1, 0.15) is 0 Å². The zero-order valence-corrected chi connectivity index (χ0v) is 13.2. The van der Waals surface area contributed by atoms with E-state index in [4.69, 9.17) is 11.6 Å². The molecule has 2 rings (SSSR count). The van der Waals surface area contributed by atoms with Gasteiger partial charge in [-0.25, -0.2) is 4.79 Å². The van der Waals surface area contributed by atoms with Crippen LogP contribution in [-0.2, 0) is 11.3 Å². The number of esters is 1. The molecule has 0 aliphatic rings. The van der Waals surface area contributed by atoms with E-state index in [-0.39, 0.29) is 5.91 Å². The van der Waals surface area contributed by atoms with E-state index in [1.54, 1.807) is 36.2 Å². The monoisotopic (exact) mass is 323 g/mol. The number of amides is 1. The van der Waals surface area contributed by atoms with E-state index < -0.39 is 5.97 Å². The van der Waals surface area contributed by atoms with E-state index in [0.29, 0.717) is 22.0 Å². The molecule has 0 bridgehead atoms. The molecule has 0 spiro atoms. The molecule has 0 saturated carbocycles. The van der Waals surface area contributed by atoms with E-state index >= 15 is 0 Å². The first-order valence-electron chi connectivity index (χ1n) is 6.19. The molecule has 1 aromatic heterocycles. The van der Waals surface area contributed by atoms with E-state index in [0.717, 1.165) is 4.88 Å². The van der Waals surface area contributed by atoms with Gasteiger partial charge in [0.05, 0.1) is 23.6 Å². The highest BCUT2D eigenvalue weighted by atomic mass is 35.5. The van der Waals surface area contributed by atoms with Crippen LogP contribution in [0.3, 0.4) is 0 Å². The molecule has 1 aromatic carbocycles. The number of nitrogens with zero attached hydrogens (tertiary/aromatic N) is 1. The summed E-state index contributed by atoms with van der Waals surface area (Å²) in [6, 6.07) is 10.1. The molecule has 0 saturated heterocycles. The lowest BCUT2D eigenvalue weighted by Gasteiger charge is -2.16. The van der Waals surface area contributed by atoms with Crippen LogP contribution in [0.2, 0.25) is 4.34 Å². The van der Waals surface area contributed by atoms with Crippen LogP contribution in [0, 0.1) is 0 Å². The molecule has 1 heterocycles. The highest BCUT2D eigenvalue weighted by molar-refractivity contribution is 7.16. The third kappa shape index (κ3) is 3.83. The second kappa shape index (κ2) is 6.74. The van der Waals surface area contributed by atoms with Crippen LogP contribution in [0.5, 0.6) is 0 Å². The Morgan fingerprint density at radius 3 is 2.29 bits per heavy atom. The third-order valence-corrected chi connectivity index (χ3v) is 4.14. The summed E-state index contributed by atoms with van der Waals surface area (Å²) in [5.41, 5.74) is 0.939. The van der Waals surface area contributed by atoms with Crippen molar-refractivity contribution in [2.24, 2.45) is 0 Å². The lowest BCUT2D eigenvalue weighted by atomic mass is 10.1. The Morgan fingerprint density at radius 2 is 1.76 bits per heavy atom. The van der Waals surface area contributed by atoms with Crippen molar-refractivity contribution >= 4 is 34.8 Å². The van der Waals surface area contributed by atoms with Crippen molar-refractivity contribution in [3.63, 3.8) is 0 Å². The third-order valence-electron chi connectivity index (χ3n) is 2.92. The Kier molecular flexibility index (Phi) is 4.98. The maximum absolute atomic E-state index is 12.3. The van der Waals surface area contributed by atoms with Crippen molar-refractivity contribution in [1.29, 1.82) is 0 Å². The van der Waals surface area contributed by atoms with E-state index in [1.807, 2.05) is 12.1 Å². The maximum atomic E-state index is 12.3. The Hall–Kier alpha value is -1.85. The first-order chi connectivity index (χ1) is 10.0. The predicted molar refractivity (Wildman–Crippen MR) is 82.9 cm³/mol. The standard InChI is InChI=1S/C15H14ClNO3S/c1-17(9-12-7-8-13(16)21-12)14(18)10-3-5-11(6-4-10)15(19)20-2/h3-8H,9H2,1-2H3. The van der Waals surface area contributed by atoms with Gasteiger partial charge in [-0.05, 0) is 36.4 Å². The lowest BCUT2D eigenvalue weighted by molar-refractivity contribution is 0.0600. The van der Waals surface area contributed by atoms with Gasteiger partial charge >= 0.3 is 5.97 Å². The van der Waals surface area contributed by atoms with Crippen molar-refractivity contribution in [2.75, 3.05) is 14.2 Å². The number of benzene rings is 1. The van der Waals surface area contributed by atoms with Gasteiger partial charge in [0.25, 0.3) is 5.91 Å². The zero-order valence-electron chi connectivity index (χ0n) is 11.6. The summed E-state index contributed by atoms with van der Waals surface area (Å²) < 4.78 is 5.32. The van der Waals surface area contributed by atoms with Crippen molar-refractivity contribution in [2.45, 2.75) is 6.54 Å². The highest BCUT2D eigenvalue weighted by Gasteiger charge is 2.14. The van der Waals surface area contributed by atoms with Gasteiger partial charge < -0.3 is 9.64 Å². The average molecular weight is 324 g/mol. The second-order valence-corrected chi connectivity index (χ2v) is 6.24. The number of hydrogen-bond acceptors (Lipinski definition) is 4. The molecular formula is C15H14ClNO3S. The molecule has 110 valence electrons. The fraction of sp³-hybridized carbons (Fsp3) is 0.200. The molecule has 0 fully saturated rings. The largest absolute Gasteiger partial charge is 0.465 e. The van der Waals surface area contributed by atoms with Gasteiger partial charge in [0, 0.05) is 17.5 Å². The SMILES string of the molecule is COC(=O)c1ccc(C(=O)N(C)Cc2ccc(Cl)s2)cc1. The number of methoxy groups -OCH3 is 1. The normalized spacial score (nSPS) is 10.2. The van der Waals surface area contributed by atoms with Crippen LogP contribution >= 0.6 is 22.9 Å². The van der Waals surface area contributed by atoms with E-state index in [9.17, 15) is 9.59 Å². The fourth-order valence-electron chi connectivity index (χ4n) is 1.83. The quantitative estimate of drug-likeness (QED) is 0.809. The van der Waals surface area contributed by atoms with Crippen molar-refractivity contribution in [3.05, 3.63) is 56.7 Å². The Bertz CT molecular complexity index is 651. The van der Waals surface area contributed by atoms with Gasteiger partial charge in [-0.2, -0.15) is 0 Å². The molecule has 0 radical (unpaired) electrons. The second-order valence-electron chi connectivity index (χ2n) is 4.44. The summed E-state index contributed by atoms with van der Waals surface area (Å²) in [6.07, 6.45) is 0. The first-order valence-corrected chi connectivity index (χ1v) is 7.38. The molecule has 2 aromatic rings. The lowest BCUT2D eigenvalue weighted by Crippen LogP contribution is -2.25. The smallest absolute Gasteiger partial charge is 0.337 e. The molecule has 21 heavy (non-hydrogen) atoms. The first kappa shape index (κ1) is 15.5. The molecule has 0 N–H and O–H groups in total. The van der Waals surface area contributed by atoms with Crippen molar-refractivity contribution < 1.29 is 14.3 Å². The number of halogens is 1. The van der Waals surface area contributed by atoms with Crippen LogP contribution in [-0.4, -0.2) is 30.9 Å². The van der Waals surface area contributed by atoms with Crippen molar-refractivity contribution in [3.8, 4) is 0 Å². The maximum Gasteiger partial charge on any atom is 0.337 e. The Labute approximate surface area is 131 Å². The molecule has 0 unspecified atom stereocenters. The summed E-state index contributed by atoms with van der Waals surface area (Å²) in [4.78, 5) is 26.3. The molecular weight excluding hydrogens is 310 g/mol. The van der Waals surface area contributed by atoms with Gasteiger partial charge in [0.15, 0.2) is 0 Å². The Morgan fingerprint density at radius 1 is 1.14 bits per heavy atom. The molecule has 0 aliphatic heterocycles. The van der Waals surface area contributed by atoms with Gasteiger partial charge in [-0.15, -0.1) is 11.3 Å². The summed E-state index contributed by atoms with van der Waals surface area (Å²) in [5, 5.41) is 0. The van der Waals surface area contributed by atoms with Crippen LogP contribution in [0.15, 0.2) is 36.4 Å².